The molecule has 0 atom stereocenters. The Kier molecular flexibility index (Phi) is 12.8. The van der Waals surface area contributed by atoms with E-state index in [1.54, 1.807) is 0 Å². The molecule has 3 nitrogen and oxygen atoms in total. The molecule has 4 heteroatoms. The molecule has 0 aliphatic carbocycles. The Bertz CT molecular complexity index is 662. The molecule has 178 valence electrons. The molecule has 0 saturated carbocycles. The van der Waals surface area contributed by atoms with Gasteiger partial charge in [-0.1, -0.05) is 96.2 Å². The van der Waals surface area contributed by atoms with Crippen LogP contribution in [0.4, 0.5) is 0 Å². The van der Waals surface area contributed by atoms with Gasteiger partial charge in [-0.2, -0.15) is 4.52 Å². The van der Waals surface area contributed by atoms with Gasteiger partial charge in [-0.25, -0.2) is 0 Å². The van der Waals surface area contributed by atoms with E-state index < -0.39 is 7.94 Å². The van der Waals surface area contributed by atoms with Crippen molar-refractivity contribution >= 4 is 7.94 Å². The van der Waals surface area contributed by atoms with Crippen molar-refractivity contribution in [3.63, 3.8) is 0 Å². The van der Waals surface area contributed by atoms with Crippen LogP contribution in [-0.4, -0.2) is 12.8 Å². The predicted molar refractivity (Wildman–Crippen MR) is 138 cm³/mol. The highest BCUT2D eigenvalue weighted by Gasteiger charge is 2.47. The van der Waals surface area contributed by atoms with Crippen molar-refractivity contribution in [3.8, 4) is 11.5 Å². The van der Waals surface area contributed by atoms with Crippen LogP contribution in [0, 0.1) is 11.8 Å². The second-order valence-electron chi connectivity index (χ2n) is 9.46. The minimum absolute atomic E-state index is 0.678. The maximum Gasteiger partial charge on any atom is 0.497 e. The summed E-state index contributed by atoms with van der Waals surface area (Å²) < 4.78 is 19.6. The fraction of sp³-hybridized carbons (Fsp3) is 0.571. The molecule has 0 heterocycles. The van der Waals surface area contributed by atoms with E-state index in [9.17, 15) is 0 Å². The molecule has 2 aromatic carbocycles. The zero-order valence-corrected chi connectivity index (χ0v) is 21.6. The average molecular weight is 460 g/mol. The summed E-state index contributed by atoms with van der Waals surface area (Å²) in [5.74, 6) is 3.14. The molecule has 0 amide bonds. The molecule has 0 saturated heterocycles. The van der Waals surface area contributed by atoms with Gasteiger partial charge in [-0.3, -0.25) is 9.05 Å². The molecular weight excluding hydrogens is 415 g/mol. The monoisotopic (exact) mass is 459 g/mol. The van der Waals surface area contributed by atoms with Crippen LogP contribution in [0.15, 0.2) is 60.7 Å². The molecular formula is C28H44O3P+. The van der Waals surface area contributed by atoms with E-state index >= 15 is 0 Å². The third kappa shape index (κ3) is 11.3. The van der Waals surface area contributed by atoms with Gasteiger partial charge in [0.15, 0.2) is 17.7 Å². The van der Waals surface area contributed by atoms with Crippen LogP contribution in [0.3, 0.4) is 0 Å². The maximum absolute atomic E-state index is 6.55. The van der Waals surface area contributed by atoms with E-state index in [0.717, 1.165) is 42.3 Å². The summed E-state index contributed by atoms with van der Waals surface area (Å²) in [6.45, 7) is 9.83. The fourth-order valence-electron chi connectivity index (χ4n) is 3.58. The lowest BCUT2D eigenvalue weighted by atomic mass is 10.1. The van der Waals surface area contributed by atoms with Gasteiger partial charge in [0.2, 0.25) is 0 Å². The van der Waals surface area contributed by atoms with E-state index in [2.05, 4.69) is 27.7 Å². The first-order valence-electron chi connectivity index (χ1n) is 12.5. The molecule has 2 aromatic rings. The molecule has 0 spiro atoms. The second kappa shape index (κ2) is 15.3. The minimum atomic E-state index is -2.57. The van der Waals surface area contributed by atoms with Crippen molar-refractivity contribution in [2.24, 2.45) is 11.8 Å². The molecule has 2 rings (SSSR count). The molecule has 0 aliphatic heterocycles. The average Bonchev–Trinajstić information content (AvgIpc) is 2.77. The number of hydrogen-bond donors (Lipinski definition) is 0. The SMILES string of the molecule is CC(C)CCCCCO[P+](CCCCCC(C)C)(Oc1ccccc1)Oc1ccccc1. The predicted octanol–water partition coefficient (Wildman–Crippen LogP) is 9.36. The summed E-state index contributed by atoms with van der Waals surface area (Å²) in [7, 11) is -2.57. The summed E-state index contributed by atoms with van der Waals surface area (Å²) in [4.78, 5) is 0. The lowest BCUT2D eigenvalue weighted by Crippen LogP contribution is -2.17. The Morgan fingerprint density at radius 2 is 1.06 bits per heavy atom. The van der Waals surface area contributed by atoms with Crippen LogP contribution in [-0.2, 0) is 4.52 Å². The van der Waals surface area contributed by atoms with Crippen molar-refractivity contribution in [1.29, 1.82) is 0 Å². The molecule has 0 aromatic heterocycles. The molecule has 32 heavy (non-hydrogen) atoms. The Balaban J connectivity index is 2.08. The zero-order valence-electron chi connectivity index (χ0n) is 20.7. The van der Waals surface area contributed by atoms with Crippen molar-refractivity contribution in [2.45, 2.75) is 79.1 Å². The largest absolute Gasteiger partial charge is 0.497 e. The summed E-state index contributed by atoms with van der Waals surface area (Å²) in [5.41, 5.74) is 0. The number of para-hydroxylation sites is 2. The molecule has 0 radical (unpaired) electrons. The molecule has 0 unspecified atom stereocenters. The van der Waals surface area contributed by atoms with Crippen LogP contribution in [0.1, 0.15) is 79.1 Å². The van der Waals surface area contributed by atoms with Crippen molar-refractivity contribution < 1.29 is 13.6 Å². The molecule has 0 fully saturated rings. The quantitative estimate of drug-likeness (QED) is 0.174. The Morgan fingerprint density at radius 1 is 0.594 bits per heavy atom. The number of unbranched alkanes of at least 4 members (excludes halogenated alkanes) is 4. The van der Waals surface area contributed by atoms with Crippen LogP contribution in [0.5, 0.6) is 11.5 Å². The van der Waals surface area contributed by atoms with E-state index in [0.29, 0.717) is 6.61 Å². The number of rotatable bonds is 17. The topological polar surface area (TPSA) is 27.7 Å². The Labute approximate surface area is 197 Å². The van der Waals surface area contributed by atoms with Crippen molar-refractivity contribution in [1.82, 2.24) is 0 Å². The van der Waals surface area contributed by atoms with E-state index in [-0.39, 0.29) is 0 Å². The first-order valence-corrected chi connectivity index (χ1v) is 14.2. The highest BCUT2D eigenvalue weighted by molar-refractivity contribution is 7.62. The molecule has 0 bridgehead atoms. The van der Waals surface area contributed by atoms with Crippen LogP contribution < -0.4 is 9.05 Å². The Hall–Kier alpha value is -1.57. The fourth-order valence-corrected chi connectivity index (χ4v) is 5.94. The molecule has 0 N–H and O–H groups in total. The van der Waals surface area contributed by atoms with Crippen LogP contribution >= 0.6 is 7.94 Å². The van der Waals surface area contributed by atoms with Gasteiger partial charge in [0.1, 0.15) is 0 Å². The van der Waals surface area contributed by atoms with Gasteiger partial charge < -0.3 is 0 Å². The lowest BCUT2D eigenvalue weighted by molar-refractivity contribution is 0.233. The Morgan fingerprint density at radius 3 is 1.53 bits per heavy atom. The zero-order chi connectivity index (χ0) is 23.1. The summed E-state index contributed by atoms with van der Waals surface area (Å²) in [6.07, 6.45) is 10.3. The molecule has 0 aliphatic rings. The number of hydrogen-bond acceptors (Lipinski definition) is 3. The van der Waals surface area contributed by atoms with Crippen molar-refractivity contribution in [2.75, 3.05) is 12.8 Å². The number of benzene rings is 2. The van der Waals surface area contributed by atoms with E-state index in [4.69, 9.17) is 13.6 Å². The second-order valence-corrected chi connectivity index (χ2v) is 11.8. The normalized spacial score (nSPS) is 11.8. The standard InChI is InChI=1S/C28H44O3P/c1-25(2)17-9-7-15-23-29-32(24-16-8-10-18-26(3)4,30-27-19-11-5-12-20-27)31-28-21-13-6-14-22-28/h5-6,11-14,19-22,25-26H,7-10,15-18,23-24H2,1-4H3/q+1. The van der Waals surface area contributed by atoms with E-state index in [1.807, 2.05) is 60.7 Å². The smallest absolute Gasteiger partial charge is 0.278 e. The third-order valence-electron chi connectivity index (χ3n) is 5.40. The van der Waals surface area contributed by atoms with Crippen LogP contribution in [0.2, 0.25) is 0 Å². The maximum atomic E-state index is 6.55. The highest BCUT2D eigenvalue weighted by atomic mass is 31.2. The minimum Gasteiger partial charge on any atom is -0.278 e. The lowest BCUT2D eigenvalue weighted by Gasteiger charge is -2.23. The van der Waals surface area contributed by atoms with Crippen molar-refractivity contribution in [3.05, 3.63) is 60.7 Å². The highest BCUT2D eigenvalue weighted by Crippen LogP contribution is 2.61. The van der Waals surface area contributed by atoms with E-state index in [1.165, 1.54) is 38.5 Å². The van der Waals surface area contributed by atoms with Crippen LogP contribution in [0.25, 0.3) is 0 Å². The van der Waals surface area contributed by atoms with Gasteiger partial charge in [0.05, 0.1) is 6.61 Å². The van der Waals surface area contributed by atoms with Gasteiger partial charge in [-0.05, 0) is 55.4 Å². The summed E-state index contributed by atoms with van der Waals surface area (Å²) >= 11 is 0. The van der Waals surface area contributed by atoms with Gasteiger partial charge in [0.25, 0.3) is 0 Å². The van der Waals surface area contributed by atoms with Gasteiger partial charge in [0, 0.05) is 0 Å². The first kappa shape index (κ1) is 26.7. The first-order chi connectivity index (χ1) is 15.5. The summed E-state index contributed by atoms with van der Waals surface area (Å²) in [5, 5.41) is 0. The third-order valence-corrected chi connectivity index (χ3v) is 7.82. The van der Waals surface area contributed by atoms with Gasteiger partial charge >= 0.3 is 7.94 Å². The summed E-state index contributed by atoms with van der Waals surface area (Å²) in [6, 6.07) is 20.0. The van der Waals surface area contributed by atoms with Gasteiger partial charge in [-0.15, -0.1) is 0 Å².